The number of hydrogen-bond donors (Lipinski definition) is 1. The second-order valence-electron chi connectivity index (χ2n) is 8.49. The van der Waals surface area contributed by atoms with Gasteiger partial charge in [-0.05, 0) is 37.3 Å². The maximum absolute atomic E-state index is 13.1. The molecule has 7 heteroatoms. The molecule has 1 aliphatic heterocycles. The van der Waals surface area contributed by atoms with Crippen LogP contribution in [0.2, 0.25) is 0 Å². The van der Waals surface area contributed by atoms with Crippen LogP contribution in [-0.2, 0) is 21.5 Å². The molecule has 1 aromatic carbocycles. The molecule has 4 rings (SSSR count). The Morgan fingerprint density at radius 3 is 2.55 bits per heavy atom. The van der Waals surface area contributed by atoms with E-state index in [0.717, 1.165) is 31.2 Å². The Hall–Kier alpha value is -2.96. The van der Waals surface area contributed by atoms with Gasteiger partial charge in [0.2, 0.25) is 17.7 Å². The molecule has 1 aromatic heterocycles. The van der Waals surface area contributed by atoms with E-state index >= 15 is 0 Å². The van der Waals surface area contributed by atoms with Gasteiger partial charge in [0.15, 0.2) is 5.82 Å². The Kier molecular flexibility index (Phi) is 6.49. The highest BCUT2D eigenvalue weighted by Crippen LogP contribution is 2.38. The molecule has 164 valence electrons. The predicted octanol–water partition coefficient (Wildman–Crippen LogP) is 3.47. The van der Waals surface area contributed by atoms with Crippen molar-refractivity contribution in [2.45, 2.75) is 57.4 Å². The lowest BCUT2D eigenvalue weighted by atomic mass is 9.91. The zero-order chi connectivity index (χ0) is 21.7. The Balaban J connectivity index is 1.33. The first-order chi connectivity index (χ1) is 15.1. The van der Waals surface area contributed by atoms with Gasteiger partial charge in [0, 0.05) is 31.5 Å². The molecule has 0 radical (unpaired) electrons. The zero-order valence-electron chi connectivity index (χ0n) is 18.0. The summed E-state index contributed by atoms with van der Waals surface area (Å²) in [6.45, 7) is 3.15. The number of piperidine rings is 1. The van der Waals surface area contributed by atoms with Gasteiger partial charge in [0.25, 0.3) is 0 Å². The molecule has 0 unspecified atom stereocenters. The van der Waals surface area contributed by atoms with Gasteiger partial charge >= 0.3 is 0 Å². The lowest BCUT2D eigenvalue weighted by molar-refractivity contribution is -0.133. The van der Waals surface area contributed by atoms with Gasteiger partial charge in [-0.2, -0.15) is 4.98 Å². The number of amides is 2. The van der Waals surface area contributed by atoms with Crippen molar-refractivity contribution in [2.24, 2.45) is 5.92 Å². The van der Waals surface area contributed by atoms with E-state index in [4.69, 9.17) is 4.52 Å². The average molecular weight is 423 g/mol. The van der Waals surface area contributed by atoms with E-state index < -0.39 is 5.54 Å². The number of benzene rings is 1. The fraction of sp³-hybridized carbons (Fsp3) is 0.500. The van der Waals surface area contributed by atoms with Crippen LogP contribution in [0.5, 0.6) is 0 Å². The predicted molar refractivity (Wildman–Crippen MR) is 117 cm³/mol. The molecule has 1 aliphatic carbocycles. The summed E-state index contributed by atoms with van der Waals surface area (Å²) in [5.74, 6) is 1.14. The zero-order valence-corrected chi connectivity index (χ0v) is 18.0. The van der Waals surface area contributed by atoms with Crippen molar-refractivity contribution in [2.75, 3.05) is 13.1 Å². The number of aromatic nitrogens is 2. The molecule has 2 amide bonds. The van der Waals surface area contributed by atoms with Gasteiger partial charge in [-0.1, -0.05) is 55.3 Å². The summed E-state index contributed by atoms with van der Waals surface area (Å²) in [6.07, 6.45) is 9.21. The van der Waals surface area contributed by atoms with Gasteiger partial charge in [-0.3, -0.25) is 9.59 Å². The normalized spacial score (nSPS) is 19.1. The summed E-state index contributed by atoms with van der Waals surface area (Å²) >= 11 is 0. The molecule has 1 saturated carbocycles. The van der Waals surface area contributed by atoms with Crippen LogP contribution >= 0.6 is 0 Å². The standard InChI is InChI=1S/C24H30N4O3/c1-2-20-25-23(27-31-20)24(14-6-7-15-24)26-22(30)19-12-16-28(17-13-19)21(29)11-10-18-8-4-3-5-9-18/h3-5,8-11,19H,2,6-7,12-17H2,1H3,(H,26,30). The maximum Gasteiger partial charge on any atom is 0.246 e. The second kappa shape index (κ2) is 9.45. The lowest BCUT2D eigenvalue weighted by Gasteiger charge is -2.34. The molecule has 1 N–H and O–H groups in total. The highest BCUT2D eigenvalue weighted by atomic mass is 16.5. The molecular formula is C24H30N4O3. The van der Waals surface area contributed by atoms with Gasteiger partial charge in [-0.15, -0.1) is 0 Å². The minimum atomic E-state index is -0.515. The number of rotatable bonds is 6. The summed E-state index contributed by atoms with van der Waals surface area (Å²) in [4.78, 5) is 31.9. The number of hydrogen-bond acceptors (Lipinski definition) is 5. The summed E-state index contributed by atoms with van der Waals surface area (Å²) in [5.41, 5.74) is 0.485. The Morgan fingerprint density at radius 1 is 1.19 bits per heavy atom. The van der Waals surface area contributed by atoms with Crippen LogP contribution in [0.1, 0.15) is 62.7 Å². The van der Waals surface area contributed by atoms with Crippen LogP contribution in [0.25, 0.3) is 6.08 Å². The van der Waals surface area contributed by atoms with Crippen LogP contribution in [0.3, 0.4) is 0 Å². The van der Waals surface area contributed by atoms with Crippen molar-refractivity contribution in [3.8, 4) is 0 Å². The SMILES string of the molecule is CCc1nc(C2(NC(=O)C3CCN(C(=O)C=Cc4ccccc4)CC3)CCCC2)no1. The second-order valence-corrected chi connectivity index (χ2v) is 8.49. The molecular weight excluding hydrogens is 392 g/mol. The summed E-state index contributed by atoms with van der Waals surface area (Å²) in [6, 6.07) is 9.77. The van der Waals surface area contributed by atoms with E-state index in [1.165, 1.54) is 0 Å². The van der Waals surface area contributed by atoms with Crippen LogP contribution in [-0.4, -0.2) is 39.9 Å². The average Bonchev–Trinajstić information content (AvgIpc) is 3.49. The molecule has 2 heterocycles. The first-order valence-electron chi connectivity index (χ1n) is 11.3. The fourth-order valence-corrected chi connectivity index (χ4v) is 4.51. The summed E-state index contributed by atoms with van der Waals surface area (Å²) in [5, 5.41) is 7.42. The summed E-state index contributed by atoms with van der Waals surface area (Å²) < 4.78 is 5.31. The van der Waals surface area contributed by atoms with Gasteiger partial charge in [0.1, 0.15) is 5.54 Å². The van der Waals surface area contributed by atoms with Crippen molar-refractivity contribution in [3.63, 3.8) is 0 Å². The number of carbonyl (C=O) groups is 2. The van der Waals surface area contributed by atoms with E-state index in [1.54, 1.807) is 6.08 Å². The van der Waals surface area contributed by atoms with Crippen LogP contribution in [0, 0.1) is 5.92 Å². The minimum Gasteiger partial charge on any atom is -0.343 e. The number of nitrogens with zero attached hydrogens (tertiary/aromatic N) is 3. The maximum atomic E-state index is 13.1. The van der Waals surface area contributed by atoms with Crippen LogP contribution in [0.15, 0.2) is 40.9 Å². The molecule has 31 heavy (non-hydrogen) atoms. The molecule has 2 aliphatic rings. The molecule has 0 spiro atoms. The van der Waals surface area contributed by atoms with Crippen molar-refractivity contribution in [1.29, 1.82) is 0 Å². The third-order valence-electron chi connectivity index (χ3n) is 6.41. The van der Waals surface area contributed by atoms with Crippen LogP contribution < -0.4 is 5.32 Å². The first-order valence-corrected chi connectivity index (χ1v) is 11.3. The molecule has 7 nitrogen and oxygen atoms in total. The Bertz CT molecular complexity index is 923. The van der Waals surface area contributed by atoms with Crippen molar-refractivity contribution in [3.05, 3.63) is 53.7 Å². The van der Waals surface area contributed by atoms with E-state index in [1.807, 2.05) is 48.2 Å². The lowest BCUT2D eigenvalue weighted by Crippen LogP contribution is -2.49. The Labute approximate surface area is 182 Å². The highest BCUT2D eigenvalue weighted by Gasteiger charge is 2.42. The van der Waals surface area contributed by atoms with E-state index in [-0.39, 0.29) is 17.7 Å². The number of nitrogens with one attached hydrogen (secondary N) is 1. The van der Waals surface area contributed by atoms with Gasteiger partial charge in [0.05, 0.1) is 0 Å². The number of aryl methyl sites for hydroxylation is 1. The first kappa shape index (κ1) is 21.3. The minimum absolute atomic E-state index is 0.00568. The van der Waals surface area contributed by atoms with Crippen LogP contribution in [0.4, 0.5) is 0 Å². The van der Waals surface area contributed by atoms with E-state index in [9.17, 15) is 9.59 Å². The summed E-state index contributed by atoms with van der Waals surface area (Å²) in [7, 11) is 0. The molecule has 0 atom stereocenters. The van der Waals surface area contributed by atoms with Gasteiger partial charge < -0.3 is 14.7 Å². The molecule has 0 bridgehead atoms. The molecule has 1 saturated heterocycles. The van der Waals surface area contributed by atoms with E-state index in [2.05, 4.69) is 15.5 Å². The fourth-order valence-electron chi connectivity index (χ4n) is 4.51. The van der Waals surface area contributed by atoms with E-state index in [0.29, 0.717) is 44.1 Å². The molecule has 2 aromatic rings. The highest BCUT2D eigenvalue weighted by molar-refractivity contribution is 5.92. The smallest absolute Gasteiger partial charge is 0.246 e. The van der Waals surface area contributed by atoms with Gasteiger partial charge in [-0.25, -0.2) is 0 Å². The number of likely N-dealkylation sites (tertiary alicyclic amines) is 1. The monoisotopic (exact) mass is 422 g/mol. The van der Waals surface area contributed by atoms with Crippen molar-refractivity contribution >= 4 is 17.9 Å². The third-order valence-corrected chi connectivity index (χ3v) is 6.41. The number of carbonyl (C=O) groups excluding carboxylic acids is 2. The van der Waals surface area contributed by atoms with Crippen molar-refractivity contribution in [1.82, 2.24) is 20.4 Å². The largest absolute Gasteiger partial charge is 0.343 e. The molecule has 2 fully saturated rings. The topological polar surface area (TPSA) is 88.3 Å². The van der Waals surface area contributed by atoms with Crippen molar-refractivity contribution < 1.29 is 14.1 Å². The quantitative estimate of drug-likeness (QED) is 0.720. The third kappa shape index (κ3) is 4.86. The Morgan fingerprint density at radius 2 is 1.90 bits per heavy atom.